The van der Waals surface area contributed by atoms with Gasteiger partial charge in [0.25, 0.3) is 0 Å². The third kappa shape index (κ3) is 7.79. The topological polar surface area (TPSA) is 97.9 Å². The minimum absolute atomic E-state index is 0.0241. The third-order valence-corrected chi connectivity index (χ3v) is 7.14. The van der Waals surface area contributed by atoms with E-state index in [-0.39, 0.29) is 37.6 Å². The van der Waals surface area contributed by atoms with Gasteiger partial charge >= 0.3 is 6.03 Å². The minimum Gasteiger partial charge on any atom is -0.395 e. The van der Waals surface area contributed by atoms with E-state index in [9.17, 15) is 19.1 Å². The standard InChI is InChI=1S/C29H37FN4O4/c30-25-7-5-23(6-8-25)20-38-21-28(36)31-13-9-22-10-14-33(15-11-22)29(37)34(17-18-35)16-12-24-19-32-27-4-2-1-3-26(24)27/h1-8,19,22,32,35H,9-18,20-21H2,(H,31,36). The summed E-state index contributed by atoms with van der Waals surface area (Å²) in [6.45, 7) is 2.94. The molecule has 0 radical (unpaired) electrons. The van der Waals surface area contributed by atoms with Crippen molar-refractivity contribution in [2.75, 3.05) is 45.9 Å². The first-order valence-electron chi connectivity index (χ1n) is 13.3. The maximum atomic E-state index is 13.2. The number of H-pyrrole nitrogens is 1. The van der Waals surface area contributed by atoms with E-state index in [1.54, 1.807) is 17.0 Å². The number of fused-ring (bicyclic) bond motifs is 1. The number of ether oxygens (including phenoxy) is 1. The summed E-state index contributed by atoms with van der Waals surface area (Å²) >= 11 is 0. The molecule has 0 atom stereocenters. The first kappa shape index (κ1) is 27.6. The zero-order valence-electron chi connectivity index (χ0n) is 21.7. The molecule has 3 N–H and O–H groups in total. The highest BCUT2D eigenvalue weighted by Gasteiger charge is 2.26. The Morgan fingerprint density at radius 3 is 2.63 bits per heavy atom. The lowest BCUT2D eigenvalue weighted by Crippen LogP contribution is -2.48. The fourth-order valence-corrected chi connectivity index (χ4v) is 4.94. The number of hydrogen-bond acceptors (Lipinski definition) is 4. The van der Waals surface area contributed by atoms with E-state index in [0.717, 1.165) is 47.7 Å². The van der Waals surface area contributed by atoms with Gasteiger partial charge in [-0.3, -0.25) is 4.79 Å². The van der Waals surface area contributed by atoms with Gasteiger partial charge in [0, 0.05) is 49.8 Å². The first-order valence-corrected chi connectivity index (χ1v) is 13.3. The lowest BCUT2D eigenvalue weighted by atomic mass is 9.93. The molecule has 0 bridgehead atoms. The maximum Gasteiger partial charge on any atom is 0.320 e. The summed E-state index contributed by atoms with van der Waals surface area (Å²) in [7, 11) is 0. The number of aliphatic hydroxyl groups is 1. The molecule has 1 saturated heterocycles. The molecule has 2 heterocycles. The second-order valence-corrected chi connectivity index (χ2v) is 9.79. The lowest BCUT2D eigenvalue weighted by Gasteiger charge is -2.35. The monoisotopic (exact) mass is 524 g/mol. The number of aromatic nitrogens is 1. The molecule has 8 nitrogen and oxygen atoms in total. The number of carbonyl (C=O) groups is 2. The molecule has 1 aliphatic heterocycles. The van der Waals surface area contributed by atoms with Crippen molar-refractivity contribution in [1.29, 1.82) is 0 Å². The summed E-state index contributed by atoms with van der Waals surface area (Å²) in [5.74, 6) is -0.0304. The van der Waals surface area contributed by atoms with Crippen molar-refractivity contribution in [3.63, 3.8) is 0 Å². The van der Waals surface area contributed by atoms with Crippen molar-refractivity contribution >= 4 is 22.8 Å². The van der Waals surface area contributed by atoms with Crippen LogP contribution in [0.4, 0.5) is 9.18 Å². The fraction of sp³-hybridized carbons (Fsp3) is 0.448. The van der Waals surface area contributed by atoms with Gasteiger partial charge in [0.1, 0.15) is 12.4 Å². The molecular formula is C29H37FN4O4. The summed E-state index contributed by atoms with van der Waals surface area (Å²) < 4.78 is 18.4. The van der Waals surface area contributed by atoms with Gasteiger partial charge in [-0.25, -0.2) is 9.18 Å². The largest absolute Gasteiger partial charge is 0.395 e. The number of rotatable bonds is 12. The van der Waals surface area contributed by atoms with Crippen LogP contribution in [0, 0.1) is 11.7 Å². The van der Waals surface area contributed by atoms with Crippen LogP contribution < -0.4 is 5.32 Å². The summed E-state index contributed by atoms with van der Waals surface area (Å²) in [6, 6.07) is 14.1. The molecule has 1 aromatic heterocycles. The highest BCUT2D eigenvalue weighted by atomic mass is 19.1. The summed E-state index contributed by atoms with van der Waals surface area (Å²) in [5, 5.41) is 13.6. The van der Waals surface area contributed by atoms with Crippen LogP contribution in [0.5, 0.6) is 0 Å². The average molecular weight is 525 g/mol. The average Bonchev–Trinajstić information content (AvgIpc) is 3.35. The number of carbonyl (C=O) groups excluding carboxylic acids is 2. The normalized spacial score (nSPS) is 14.1. The smallest absolute Gasteiger partial charge is 0.320 e. The van der Waals surface area contributed by atoms with Gasteiger partial charge in [0.2, 0.25) is 5.91 Å². The van der Waals surface area contributed by atoms with E-state index in [0.29, 0.717) is 38.6 Å². The summed E-state index contributed by atoms with van der Waals surface area (Å²) in [6.07, 6.45) is 5.34. The molecule has 2 aromatic carbocycles. The Hall–Kier alpha value is -3.43. The van der Waals surface area contributed by atoms with E-state index >= 15 is 0 Å². The van der Waals surface area contributed by atoms with Gasteiger partial charge in [0.05, 0.1) is 13.2 Å². The van der Waals surface area contributed by atoms with Crippen LogP contribution in [0.3, 0.4) is 0 Å². The number of aliphatic hydroxyl groups excluding tert-OH is 1. The maximum absolute atomic E-state index is 13.2. The Morgan fingerprint density at radius 2 is 1.87 bits per heavy atom. The van der Waals surface area contributed by atoms with Crippen molar-refractivity contribution in [1.82, 2.24) is 20.1 Å². The van der Waals surface area contributed by atoms with Crippen molar-refractivity contribution in [3.8, 4) is 0 Å². The number of likely N-dealkylation sites (tertiary alicyclic amines) is 1. The van der Waals surface area contributed by atoms with Crippen molar-refractivity contribution in [2.24, 2.45) is 5.92 Å². The van der Waals surface area contributed by atoms with E-state index in [2.05, 4.69) is 16.4 Å². The highest BCUT2D eigenvalue weighted by molar-refractivity contribution is 5.83. The van der Waals surface area contributed by atoms with Gasteiger partial charge in [-0.2, -0.15) is 0 Å². The summed E-state index contributed by atoms with van der Waals surface area (Å²) in [4.78, 5) is 32.1. The molecule has 204 valence electrons. The second kappa shape index (κ2) is 13.9. The molecule has 0 saturated carbocycles. The number of urea groups is 1. The molecule has 3 amide bonds. The van der Waals surface area contributed by atoms with Crippen LogP contribution in [0.25, 0.3) is 10.9 Å². The van der Waals surface area contributed by atoms with Crippen LogP contribution in [0.2, 0.25) is 0 Å². The first-order chi connectivity index (χ1) is 18.5. The third-order valence-electron chi connectivity index (χ3n) is 7.14. The van der Waals surface area contributed by atoms with Crippen LogP contribution in [0.15, 0.2) is 54.7 Å². The number of nitrogens with one attached hydrogen (secondary N) is 2. The molecule has 3 aromatic rings. The van der Waals surface area contributed by atoms with E-state index in [1.165, 1.54) is 12.1 Å². The zero-order valence-corrected chi connectivity index (χ0v) is 21.7. The Balaban J connectivity index is 1.14. The van der Waals surface area contributed by atoms with Gasteiger partial charge in [-0.05, 0) is 60.9 Å². The molecular weight excluding hydrogens is 487 g/mol. The van der Waals surface area contributed by atoms with Crippen LogP contribution in [-0.2, 0) is 22.6 Å². The Bertz CT molecular complexity index is 1170. The molecule has 0 spiro atoms. The molecule has 0 aliphatic carbocycles. The van der Waals surface area contributed by atoms with Crippen molar-refractivity contribution in [3.05, 3.63) is 71.7 Å². The van der Waals surface area contributed by atoms with Crippen LogP contribution in [0.1, 0.15) is 30.4 Å². The molecule has 1 fully saturated rings. The zero-order chi connectivity index (χ0) is 26.7. The van der Waals surface area contributed by atoms with E-state index in [1.807, 2.05) is 29.3 Å². The number of amides is 3. The molecule has 1 aliphatic rings. The number of piperidine rings is 1. The fourth-order valence-electron chi connectivity index (χ4n) is 4.94. The Kier molecular flexibility index (Phi) is 10.1. The van der Waals surface area contributed by atoms with Crippen LogP contribution in [-0.4, -0.2) is 77.8 Å². The number of para-hydroxylation sites is 1. The number of nitrogens with zero attached hydrogens (tertiary/aromatic N) is 2. The van der Waals surface area contributed by atoms with Gasteiger partial charge in [-0.15, -0.1) is 0 Å². The molecule has 4 rings (SSSR count). The van der Waals surface area contributed by atoms with Crippen molar-refractivity contribution < 1.29 is 23.8 Å². The van der Waals surface area contributed by atoms with E-state index in [4.69, 9.17) is 4.74 Å². The molecule has 38 heavy (non-hydrogen) atoms. The Morgan fingerprint density at radius 1 is 1.11 bits per heavy atom. The number of hydrogen-bond donors (Lipinski definition) is 3. The second-order valence-electron chi connectivity index (χ2n) is 9.79. The molecule has 9 heteroatoms. The SMILES string of the molecule is O=C(COCc1ccc(F)cc1)NCCC1CCN(C(=O)N(CCO)CCc2c[nH]c3ccccc23)CC1. The number of aromatic amines is 1. The highest BCUT2D eigenvalue weighted by Crippen LogP contribution is 2.22. The van der Waals surface area contributed by atoms with Crippen molar-refractivity contribution in [2.45, 2.75) is 32.3 Å². The van der Waals surface area contributed by atoms with E-state index < -0.39 is 0 Å². The van der Waals surface area contributed by atoms with Gasteiger partial charge in [-0.1, -0.05) is 30.3 Å². The quantitative estimate of drug-likeness (QED) is 0.337. The number of benzene rings is 2. The van der Waals surface area contributed by atoms with Gasteiger partial charge in [0.15, 0.2) is 0 Å². The minimum atomic E-state index is -0.300. The predicted octanol–water partition coefficient (Wildman–Crippen LogP) is 3.70. The lowest BCUT2D eigenvalue weighted by molar-refractivity contribution is -0.126. The summed E-state index contributed by atoms with van der Waals surface area (Å²) in [5.41, 5.74) is 3.06. The molecule has 0 unspecified atom stereocenters. The van der Waals surface area contributed by atoms with Crippen LogP contribution >= 0.6 is 0 Å². The predicted molar refractivity (Wildman–Crippen MR) is 144 cm³/mol. The number of halogens is 1. The van der Waals surface area contributed by atoms with Gasteiger partial charge < -0.3 is 29.9 Å². The Labute approximate surface area is 222 Å².